The number of nitro groups is 1. The number of rotatable bonds is 5. The first-order valence-corrected chi connectivity index (χ1v) is 6.82. The van der Waals surface area contributed by atoms with Crippen LogP contribution in [0.25, 0.3) is 0 Å². The van der Waals surface area contributed by atoms with Gasteiger partial charge in [0.2, 0.25) is 0 Å². The molecule has 0 aliphatic rings. The molecule has 1 amide bonds. The van der Waals surface area contributed by atoms with Gasteiger partial charge in [-0.3, -0.25) is 14.9 Å². The Balaban J connectivity index is 2.97. The van der Waals surface area contributed by atoms with E-state index in [0.717, 1.165) is 12.8 Å². The van der Waals surface area contributed by atoms with Crippen molar-refractivity contribution >= 4 is 34.2 Å². The summed E-state index contributed by atoms with van der Waals surface area (Å²) in [4.78, 5) is 22.2. The van der Waals surface area contributed by atoms with Gasteiger partial charge in [-0.05, 0) is 41.5 Å². The van der Waals surface area contributed by atoms with Crippen molar-refractivity contribution in [2.75, 3.05) is 0 Å². The Bertz CT molecular complexity index is 459. The van der Waals surface area contributed by atoms with Gasteiger partial charge in [0.1, 0.15) is 0 Å². The molecular weight excluding hydrogens is 347 g/mol. The average molecular weight is 362 g/mol. The zero-order chi connectivity index (χ0) is 13.7. The van der Waals surface area contributed by atoms with Gasteiger partial charge in [0.05, 0.1) is 10.5 Å². The number of hydrogen-bond donors (Lipinski definition) is 1. The van der Waals surface area contributed by atoms with Crippen LogP contribution < -0.4 is 5.32 Å². The fourth-order valence-corrected chi connectivity index (χ4v) is 2.14. The molecular formula is C12H15IN2O3. The fourth-order valence-electron chi connectivity index (χ4n) is 1.56. The summed E-state index contributed by atoms with van der Waals surface area (Å²) in [5.74, 6) is -0.253. The Morgan fingerprint density at radius 2 is 2.06 bits per heavy atom. The molecule has 0 unspecified atom stereocenters. The molecule has 0 fully saturated rings. The Labute approximate surface area is 119 Å². The summed E-state index contributed by atoms with van der Waals surface area (Å²) >= 11 is 2.00. The van der Waals surface area contributed by atoms with Gasteiger partial charge < -0.3 is 5.32 Å². The van der Waals surface area contributed by atoms with Gasteiger partial charge in [0.15, 0.2) is 0 Å². The van der Waals surface area contributed by atoms with E-state index in [0.29, 0.717) is 9.13 Å². The van der Waals surface area contributed by atoms with Gasteiger partial charge in [0.25, 0.3) is 11.6 Å². The summed E-state index contributed by atoms with van der Waals surface area (Å²) in [7, 11) is 0. The molecule has 1 aromatic rings. The maximum atomic E-state index is 12.0. The summed E-state index contributed by atoms with van der Waals surface area (Å²) in [6.07, 6.45) is 1.68. The predicted octanol–water partition coefficient (Wildman–Crippen LogP) is 3.12. The molecule has 0 aliphatic carbocycles. The normalized spacial score (nSPS) is 10.4. The van der Waals surface area contributed by atoms with Crippen LogP contribution in [0.15, 0.2) is 18.2 Å². The predicted molar refractivity (Wildman–Crippen MR) is 77.6 cm³/mol. The van der Waals surface area contributed by atoms with E-state index in [1.165, 1.54) is 12.1 Å². The van der Waals surface area contributed by atoms with Gasteiger partial charge in [-0.2, -0.15) is 0 Å². The summed E-state index contributed by atoms with van der Waals surface area (Å²) in [6.45, 7) is 3.99. The third kappa shape index (κ3) is 3.66. The number of benzene rings is 1. The number of nitrogens with one attached hydrogen (secondary N) is 1. The molecule has 98 valence electrons. The van der Waals surface area contributed by atoms with Crippen LogP contribution in [0, 0.1) is 13.7 Å². The smallest absolute Gasteiger partial charge is 0.270 e. The second-order valence-electron chi connectivity index (χ2n) is 3.91. The van der Waals surface area contributed by atoms with Gasteiger partial charge in [0, 0.05) is 21.7 Å². The number of amides is 1. The third-order valence-corrected chi connectivity index (χ3v) is 3.67. The molecule has 1 rings (SSSR count). The minimum absolute atomic E-state index is 0.0647. The van der Waals surface area contributed by atoms with E-state index in [1.54, 1.807) is 6.07 Å². The molecule has 0 saturated heterocycles. The average Bonchev–Trinajstić information content (AvgIpc) is 2.35. The lowest BCUT2D eigenvalue weighted by atomic mass is 10.1. The first-order valence-electron chi connectivity index (χ1n) is 5.74. The molecule has 0 aromatic heterocycles. The van der Waals surface area contributed by atoms with Crippen molar-refractivity contribution in [2.24, 2.45) is 0 Å². The van der Waals surface area contributed by atoms with E-state index in [9.17, 15) is 14.9 Å². The molecule has 1 N–H and O–H groups in total. The standard InChI is InChI=1S/C12H15IN2O3/c1-3-8(4-2)14-12(16)10-7-9(15(17)18)5-6-11(10)13/h5-8H,3-4H2,1-2H3,(H,14,16). The molecule has 0 heterocycles. The van der Waals surface area contributed by atoms with Crippen molar-refractivity contribution < 1.29 is 9.72 Å². The quantitative estimate of drug-likeness (QED) is 0.497. The Morgan fingerprint density at radius 1 is 1.44 bits per heavy atom. The number of non-ortho nitro benzene ring substituents is 1. The lowest BCUT2D eigenvalue weighted by Crippen LogP contribution is -2.34. The molecule has 0 bridgehead atoms. The molecule has 0 radical (unpaired) electrons. The minimum atomic E-state index is -0.496. The van der Waals surface area contributed by atoms with Crippen molar-refractivity contribution in [1.82, 2.24) is 5.32 Å². The molecule has 18 heavy (non-hydrogen) atoms. The monoisotopic (exact) mass is 362 g/mol. The van der Waals surface area contributed by atoms with Crippen LogP contribution in [0.1, 0.15) is 37.0 Å². The van der Waals surface area contributed by atoms with Crippen LogP contribution in [-0.2, 0) is 0 Å². The number of nitro benzene ring substituents is 1. The molecule has 1 aromatic carbocycles. The van der Waals surface area contributed by atoms with Crippen molar-refractivity contribution in [1.29, 1.82) is 0 Å². The highest BCUT2D eigenvalue weighted by atomic mass is 127. The van der Waals surface area contributed by atoms with Crippen LogP contribution in [-0.4, -0.2) is 16.9 Å². The SMILES string of the molecule is CCC(CC)NC(=O)c1cc([N+](=O)[O-])ccc1I. The van der Waals surface area contributed by atoms with E-state index in [4.69, 9.17) is 0 Å². The maximum Gasteiger partial charge on any atom is 0.270 e. The Hall–Kier alpha value is -1.18. The van der Waals surface area contributed by atoms with Crippen molar-refractivity contribution in [3.05, 3.63) is 37.4 Å². The lowest BCUT2D eigenvalue weighted by Gasteiger charge is -2.15. The summed E-state index contributed by atoms with van der Waals surface area (Å²) in [6, 6.07) is 4.41. The number of hydrogen-bond acceptors (Lipinski definition) is 3. The molecule has 0 atom stereocenters. The number of nitrogens with zero attached hydrogens (tertiary/aromatic N) is 1. The van der Waals surface area contributed by atoms with Crippen molar-refractivity contribution in [2.45, 2.75) is 32.7 Å². The molecule has 6 heteroatoms. The van der Waals surface area contributed by atoms with E-state index in [-0.39, 0.29) is 17.6 Å². The highest BCUT2D eigenvalue weighted by molar-refractivity contribution is 14.1. The fraction of sp³-hybridized carbons (Fsp3) is 0.417. The van der Waals surface area contributed by atoms with Crippen LogP contribution >= 0.6 is 22.6 Å². The van der Waals surface area contributed by atoms with Crippen LogP contribution in [0.2, 0.25) is 0 Å². The minimum Gasteiger partial charge on any atom is -0.349 e. The highest BCUT2D eigenvalue weighted by Gasteiger charge is 2.17. The zero-order valence-electron chi connectivity index (χ0n) is 10.3. The third-order valence-electron chi connectivity index (χ3n) is 2.73. The molecule has 5 nitrogen and oxygen atoms in total. The van der Waals surface area contributed by atoms with Crippen LogP contribution in [0.5, 0.6) is 0 Å². The van der Waals surface area contributed by atoms with Crippen molar-refractivity contribution in [3.8, 4) is 0 Å². The number of carbonyl (C=O) groups excluding carboxylic acids is 1. The van der Waals surface area contributed by atoms with E-state index < -0.39 is 4.92 Å². The van der Waals surface area contributed by atoms with Crippen molar-refractivity contribution in [3.63, 3.8) is 0 Å². The zero-order valence-corrected chi connectivity index (χ0v) is 12.4. The van der Waals surface area contributed by atoms with Gasteiger partial charge >= 0.3 is 0 Å². The molecule has 0 spiro atoms. The van der Waals surface area contributed by atoms with Gasteiger partial charge in [-0.25, -0.2) is 0 Å². The van der Waals surface area contributed by atoms with Crippen LogP contribution in [0.4, 0.5) is 5.69 Å². The number of carbonyl (C=O) groups is 1. The van der Waals surface area contributed by atoms with Gasteiger partial charge in [-0.1, -0.05) is 13.8 Å². The Kier molecular flexibility index (Phi) is 5.52. The van der Waals surface area contributed by atoms with E-state index >= 15 is 0 Å². The van der Waals surface area contributed by atoms with E-state index in [1.807, 2.05) is 36.4 Å². The number of halogens is 1. The van der Waals surface area contributed by atoms with Crippen LogP contribution in [0.3, 0.4) is 0 Å². The van der Waals surface area contributed by atoms with Gasteiger partial charge in [-0.15, -0.1) is 0 Å². The molecule has 0 saturated carbocycles. The first kappa shape index (κ1) is 14.9. The summed E-state index contributed by atoms with van der Waals surface area (Å²) in [5, 5.41) is 13.6. The lowest BCUT2D eigenvalue weighted by molar-refractivity contribution is -0.384. The second-order valence-corrected chi connectivity index (χ2v) is 5.07. The topological polar surface area (TPSA) is 72.2 Å². The largest absolute Gasteiger partial charge is 0.349 e. The molecule has 0 aliphatic heterocycles. The Morgan fingerprint density at radius 3 is 2.56 bits per heavy atom. The summed E-state index contributed by atoms with van der Waals surface area (Å²) in [5.41, 5.74) is 0.293. The first-order chi connectivity index (χ1) is 8.49. The highest BCUT2D eigenvalue weighted by Crippen LogP contribution is 2.19. The maximum absolute atomic E-state index is 12.0. The second kappa shape index (κ2) is 6.67. The van der Waals surface area contributed by atoms with E-state index in [2.05, 4.69) is 5.32 Å². The summed E-state index contributed by atoms with van der Waals surface area (Å²) < 4.78 is 0.710.